The number of aromatic nitrogens is 4. The molecule has 0 fully saturated rings. The van der Waals surface area contributed by atoms with Crippen LogP contribution < -0.4 is 9.62 Å². The SMILES string of the molecule is CCCCSc1nc([O-])c2c3ccccc3nc(CC)[n+]2n1. The summed E-state index contributed by atoms with van der Waals surface area (Å²) in [6.07, 6.45) is 2.91. The summed E-state index contributed by atoms with van der Waals surface area (Å²) in [6, 6.07) is 7.63. The molecule has 1 aromatic carbocycles. The minimum atomic E-state index is -0.234. The average Bonchev–Trinajstić information content (AvgIpc) is 2.54. The number of hydrogen-bond donors (Lipinski definition) is 0. The maximum absolute atomic E-state index is 12.5. The quantitative estimate of drug-likeness (QED) is 0.313. The van der Waals surface area contributed by atoms with E-state index < -0.39 is 0 Å². The van der Waals surface area contributed by atoms with Crippen molar-refractivity contribution in [1.29, 1.82) is 0 Å². The van der Waals surface area contributed by atoms with Crippen molar-refractivity contribution >= 4 is 28.2 Å². The summed E-state index contributed by atoms with van der Waals surface area (Å²) in [4.78, 5) is 8.77. The van der Waals surface area contributed by atoms with Crippen LogP contribution in [-0.4, -0.2) is 20.8 Å². The van der Waals surface area contributed by atoms with Crippen molar-refractivity contribution in [2.75, 3.05) is 5.75 Å². The predicted molar refractivity (Wildman–Crippen MR) is 84.9 cm³/mol. The highest BCUT2D eigenvalue weighted by molar-refractivity contribution is 7.99. The van der Waals surface area contributed by atoms with Crippen molar-refractivity contribution in [2.24, 2.45) is 0 Å². The van der Waals surface area contributed by atoms with Crippen LogP contribution in [0.3, 0.4) is 0 Å². The van der Waals surface area contributed by atoms with E-state index in [1.54, 1.807) is 4.52 Å². The summed E-state index contributed by atoms with van der Waals surface area (Å²) >= 11 is 1.53. The van der Waals surface area contributed by atoms with E-state index in [-0.39, 0.29) is 5.88 Å². The Balaban J connectivity index is 2.21. The third-order valence-electron chi connectivity index (χ3n) is 3.50. The van der Waals surface area contributed by atoms with Crippen molar-refractivity contribution < 1.29 is 9.62 Å². The topological polar surface area (TPSA) is 65.8 Å². The zero-order valence-electron chi connectivity index (χ0n) is 12.7. The summed E-state index contributed by atoms with van der Waals surface area (Å²) in [5.41, 5.74) is 1.33. The van der Waals surface area contributed by atoms with Crippen LogP contribution in [-0.2, 0) is 6.42 Å². The van der Waals surface area contributed by atoms with E-state index in [4.69, 9.17) is 0 Å². The largest absolute Gasteiger partial charge is 0.856 e. The van der Waals surface area contributed by atoms with E-state index >= 15 is 0 Å². The Hall–Kier alpha value is -1.95. The van der Waals surface area contributed by atoms with Gasteiger partial charge in [0, 0.05) is 11.6 Å². The van der Waals surface area contributed by atoms with Crippen LogP contribution in [0.4, 0.5) is 0 Å². The second-order valence-corrected chi connectivity index (χ2v) is 6.12. The van der Waals surface area contributed by atoms with E-state index in [2.05, 4.69) is 22.0 Å². The zero-order valence-corrected chi connectivity index (χ0v) is 13.6. The number of nitrogens with zero attached hydrogens (tertiary/aromatic N) is 4. The summed E-state index contributed by atoms with van der Waals surface area (Å²) in [5, 5.41) is 18.4. The van der Waals surface area contributed by atoms with Gasteiger partial charge in [-0.15, -0.1) is 0 Å². The summed E-state index contributed by atoms with van der Waals surface area (Å²) in [6.45, 7) is 4.15. The van der Waals surface area contributed by atoms with Gasteiger partial charge in [-0.2, -0.15) is 0 Å². The second-order valence-electron chi connectivity index (χ2n) is 5.06. The van der Waals surface area contributed by atoms with Crippen LogP contribution in [0.2, 0.25) is 0 Å². The minimum Gasteiger partial charge on any atom is -0.856 e. The summed E-state index contributed by atoms with van der Waals surface area (Å²) in [5.74, 6) is 1.47. The lowest BCUT2D eigenvalue weighted by Gasteiger charge is -2.10. The molecule has 0 N–H and O–H groups in total. The molecular weight excluding hydrogens is 296 g/mol. The fourth-order valence-corrected chi connectivity index (χ4v) is 3.26. The van der Waals surface area contributed by atoms with Crippen molar-refractivity contribution in [1.82, 2.24) is 15.1 Å². The van der Waals surface area contributed by atoms with Crippen LogP contribution in [0.15, 0.2) is 29.4 Å². The molecule has 3 rings (SSSR count). The molecule has 2 aromatic heterocycles. The van der Waals surface area contributed by atoms with E-state index in [0.29, 0.717) is 17.1 Å². The first-order valence-electron chi connectivity index (χ1n) is 7.56. The van der Waals surface area contributed by atoms with Crippen LogP contribution in [0.1, 0.15) is 32.5 Å². The Morgan fingerprint density at radius 2 is 2.00 bits per heavy atom. The molecule has 0 aliphatic rings. The van der Waals surface area contributed by atoms with Gasteiger partial charge >= 0.3 is 5.82 Å². The second kappa shape index (κ2) is 6.44. The standard InChI is InChI=1S/C16H18N4OS/c1-3-5-10-22-16-18-15(21)14-11-8-6-7-9-12(11)17-13(4-2)20(14)19-16/h6-9H,3-5,10H2,1-2H3. The summed E-state index contributed by atoms with van der Waals surface area (Å²) < 4.78 is 1.67. The number of unbranched alkanes of at least 4 members (excludes halogenated alkanes) is 1. The lowest BCUT2D eigenvalue weighted by molar-refractivity contribution is -0.600. The van der Waals surface area contributed by atoms with Crippen molar-refractivity contribution in [3.8, 4) is 5.88 Å². The molecule has 3 aromatic rings. The first kappa shape index (κ1) is 15.0. The Kier molecular flexibility index (Phi) is 4.38. The van der Waals surface area contributed by atoms with Gasteiger partial charge in [0.2, 0.25) is 5.16 Å². The first-order chi connectivity index (χ1) is 10.7. The van der Waals surface area contributed by atoms with E-state index in [1.807, 2.05) is 31.2 Å². The van der Waals surface area contributed by atoms with Crippen molar-refractivity contribution in [2.45, 2.75) is 38.3 Å². The first-order valence-corrected chi connectivity index (χ1v) is 8.54. The number of aryl methyl sites for hydroxylation is 1. The predicted octanol–water partition coefficient (Wildman–Crippen LogP) is 2.29. The lowest BCUT2D eigenvalue weighted by atomic mass is 10.2. The number of hydrogen-bond acceptors (Lipinski definition) is 5. The van der Waals surface area contributed by atoms with Gasteiger partial charge in [0.25, 0.3) is 0 Å². The molecule has 0 bridgehead atoms. The Labute approximate surface area is 133 Å². The third kappa shape index (κ3) is 2.70. The molecule has 114 valence electrons. The number of fused-ring (bicyclic) bond motifs is 3. The fourth-order valence-electron chi connectivity index (χ4n) is 2.36. The van der Waals surface area contributed by atoms with Crippen LogP contribution in [0, 0.1) is 0 Å². The molecule has 0 aliphatic carbocycles. The van der Waals surface area contributed by atoms with E-state index in [9.17, 15) is 5.11 Å². The Bertz CT molecular complexity index is 822. The number of rotatable bonds is 5. The van der Waals surface area contributed by atoms with Gasteiger partial charge in [-0.25, -0.2) is 4.98 Å². The number of para-hydroxylation sites is 1. The molecule has 0 aliphatic heterocycles. The number of benzene rings is 1. The highest BCUT2D eigenvalue weighted by atomic mass is 32.2. The van der Waals surface area contributed by atoms with Crippen LogP contribution in [0.25, 0.3) is 16.4 Å². The van der Waals surface area contributed by atoms with Gasteiger partial charge in [-0.05, 0) is 23.5 Å². The fraction of sp³-hybridized carbons (Fsp3) is 0.375. The molecule has 2 heterocycles. The smallest absolute Gasteiger partial charge is 0.324 e. The highest BCUT2D eigenvalue weighted by Crippen LogP contribution is 2.22. The summed E-state index contributed by atoms with van der Waals surface area (Å²) in [7, 11) is 0. The Morgan fingerprint density at radius 1 is 1.18 bits per heavy atom. The van der Waals surface area contributed by atoms with Crippen LogP contribution in [0.5, 0.6) is 5.88 Å². The van der Waals surface area contributed by atoms with Crippen molar-refractivity contribution in [3.05, 3.63) is 30.1 Å². The molecule has 0 spiro atoms. The molecule has 6 heteroatoms. The van der Waals surface area contributed by atoms with E-state index in [0.717, 1.165) is 35.3 Å². The molecule has 22 heavy (non-hydrogen) atoms. The minimum absolute atomic E-state index is 0.234. The zero-order chi connectivity index (χ0) is 15.5. The maximum atomic E-state index is 12.5. The van der Waals surface area contributed by atoms with Gasteiger partial charge in [0.15, 0.2) is 11.0 Å². The molecule has 0 saturated carbocycles. The molecule has 0 saturated heterocycles. The third-order valence-corrected chi connectivity index (χ3v) is 4.42. The molecule has 0 atom stereocenters. The number of thioether (sulfide) groups is 1. The van der Waals surface area contributed by atoms with E-state index in [1.165, 1.54) is 11.8 Å². The lowest BCUT2D eigenvalue weighted by Crippen LogP contribution is -2.35. The van der Waals surface area contributed by atoms with Crippen molar-refractivity contribution in [3.63, 3.8) is 0 Å². The molecule has 5 nitrogen and oxygen atoms in total. The average molecular weight is 314 g/mol. The normalized spacial score (nSPS) is 11.4. The van der Waals surface area contributed by atoms with Gasteiger partial charge in [-0.1, -0.05) is 53.8 Å². The maximum Gasteiger partial charge on any atom is 0.324 e. The highest BCUT2D eigenvalue weighted by Gasteiger charge is 2.19. The Morgan fingerprint density at radius 3 is 2.77 bits per heavy atom. The molecule has 0 unspecified atom stereocenters. The monoisotopic (exact) mass is 314 g/mol. The van der Waals surface area contributed by atoms with Crippen LogP contribution >= 0.6 is 11.8 Å². The molecule has 0 amide bonds. The molecule has 0 radical (unpaired) electrons. The van der Waals surface area contributed by atoms with Gasteiger partial charge in [-0.3, -0.25) is 0 Å². The van der Waals surface area contributed by atoms with Gasteiger partial charge in [0.1, 0.15) is 0 Å². The molecular formula is C16H18N4OS. The van der Waals surface area contributed by atoms with Gasteiger partial charge in [0.05, 0.1) is 11.8 Å². The van der Waals surface area contributed by atoms with Gasteiger partial charge < -0.3 is 5.11 Å².